The van der Waals surface area contributed by atoms with E-state index in [1.54, 1.807) is 0 Å². The lowest BCUT2D eigenvalue weighted by atomic mass is 9.91. The summed E-state index contributed by atoms with van der Waals surface area (Å²) < 4.78 is 8.17. The van der Waals surface area contributed by atoms with Crippen LogP contribution in [-0.2, 0) is 7.05 Å². The predicted molar refractivity (Wildman–Crippen MR) is 132 cm³/mol. The number of hydrogen-bond donors (Lipinski definition) is 1. The van der Waals surface area contributed by atoms with Crippen LogP contribution in [0.1, 0.15) is 0 Å². The first-order chi connectivity index (χ1) is 15.5. The fourth-order valence-electron chi connectivity index (χ4n) is 4.21. The monoisotopic (exact) mass is 419 g/mol. The van der Waals surface area contributed by atoms with Crippen LogP contribution in [0.25, 0.3) is 33.3 Å². The molecule has 0 spiro atoms. The predicted octanol–water partition coefficient (Wildman–Crippen LogP) is 6.29. The average molecular weight is 420 g/mol. The minimum Gasteiger partial charge on any atom is -0.457 e. The first-order valence-corrected chi connectivity index (χ1v) is 10.6. The van der Waals surface area contributed by atoms with Crippen LogP contribution in [0.15, 0.2) is 91.0 Å². The number of fused-ring (bicyclic) bond motifs is 2. The summed E-state index contributed by atoms with van der Waals surface area (Å²) in [7, 11) is 6.18. The SMILES string of the molecule is CN(C)c1ccc2c(-c3ccc(Oc4ccccc4)cc3)c3ccc(=N)cc-3n(C)c2c1. The van der Waals surface area contributed by atoms with Crippen LogP contribution in [0, 0.1) is 5.41 Å². The number of para-hydroxylation sites is 1. The summed E-state index contributed by atoms with van der Waals surface area (Å²) in [4.78, 5) is 2.11. The van der Waals surface area contributed by atoms with Gasteiger partial charge in [0, 0.05) is 43.3 Å². The minimum absolute atomic E-state index is 0.508. The Labute approximate surface area is 187 Å². The number of pyridine rings is 1. The molecule has 1 aliphatic heterocycles. The van der Waals surface area contributed by atoms with E-state index in [1.165, 1.54) is 10.9 Å². The number of ether oxygens (including phenoxy) is 1. The third-order valence-electron chi connectivity index (χ3n) is 5.88. The van der Waals surface area contributed by atoms with Crippen LogP contribution >= 0.6 is 0 Å². The molecule has 32 heavy (non-hydrogen) atoms. The second kappa shape index (κ2) is 7.89. The second-order valence-corrected chi connectivity index (χ2v) is 8.20. The molecule has 0 saturated heterocycles. The number of rotatable bonds is 4. The maximum Gasteiger partial charge on any atom is 0.127 e. The van der Waals surface area contributed by atoms with Crippen molar-refractivity contribution in [2.75, 3.05) is 19.0 Å². The average Bonchev–Trinajstić information content (AvgIpc) is 2.81. The molecule has 4 heteroatoms. The van der Waals surface area contributed by atoms with Crippen molar-refractivity contribution in [1.82, 2.24) is 4.57 Å². The van der Waals surface area contributed by atoms with Crippen molar-refractivity contribution < 1.29 is 4.74 Å². The molecular weight excluding hydrogens is 394 g/mol. The van der Waals surface area contributed by atoms with Gasteiger partial charge in [-0.15, -0.1) is 0 Å². The van der Waals surface area contributed by atoms with Crippen molar-refractivity contribution in [3.05, 3.63) is 96.4 Å². The quantitative estimate of drug-likeness (QED) is 0.348. The molecule has 0 atom stereocenters. The fourth-order valence-corrected chi connectivity index (χ4v) is 4.21. The van der Waals surface area contributed by atoms with Crippen LogP contribution in [0.4, 0.5) is 5.69 Å². The maximum atomic E-state index is 8.16. The molecule has 3 aromatic carbocycles. The zero-order valence-corrected chi connectivity index (χ0v) is 18.5. The molecular formula is C28H25N3O. The summed E-state index contributed by atoms with van der Waals surface area (Å²) in [6, 6.07) is 30.5. The molecule has 4 nitrogen and oxygen atoms in total. The van der Waals surface area contributed by atoms with E-state index in [1.807, 2.05) is 54.6 Å². The molecule has 0 aromatic heterocycles. The van der Waals surface area contributed by atoms with Gasteiger partial charge >= 0.3 is 0 Å². The Hall–Kier alpha value is -4.05. The van der Waals surface area contributed by atoms with Crippen molar-refractivity contribution in [3.63, 3.8) is 0 Å². The summed E-state index contributed by atoms with van der Waals surface area (Å²) in [5.74, 6) is 1.63. The van der Waals surface area contributed by atoms with E-state index in [0.29, 0.717) is 5.36 Å². The van der Waals surface area contributed by atoms with Gasteiger partial charge in [0.2, 0.25) is 0 Å². The molecule has 3 aromatic rings. The number of anilines is 1. The number of nitrogens with zero attached hydrogens (tertiary/aromatic N) is 2. The summed E-state index contributed by atoms with van der Waals surface area (Å²) >= 11 is 0. The van der Waals surface area contributed by atoms with E-state index in [4.69, 9.17) is 10.1 Å². The molecule has 0 radical (unpaired) electrons. The smallest absolute Gasteiger partial charge is 0.127 e. The minimum atomic E-state index is 0.508. The Morgan fingerprint density at radius 2 is 1.50 bits per heavy atom. The lowest BCUT2D eigenvalue weighted by Gasteiger charge is -2.23. The molecule has 1 N–H and O–H groups in total. The van der Waals surface area contributed by atoms with Crippen LogP contribution in [0.3, 0.4) is 0 Å². The maximum absolute atomic E-state index is 8.16. The van der Waals surface area contributed by atoms with Gasteiger partial charge in [-0.3, -0.25) is 0 Å². The van der Waals surface area contributed by atoms with E-state index >= 15 is 0 Å². The second-order valence-electron chi connectivity index (χ2n) is 8.20. The van der Waals surface area contributed by atoms with Gasteiger partial charge < -0.3 is 19.6 Å². The Bertz CT molecular complexity index is 1430. The Morgan fingerprint density at radius 1 is 0.781 bits per heavy atom. The molecule has 0 fully saturated rings. The number of benzene rings is 4. The highest BCUT2D eigenvalue weighted by Gasteiger charge is 2.18. The molecule has 0 bridgehead atoms. The zero-order valence-electron chi connectivity index (χ0n) is 18.5. The van der Waals surface area contributed by atoms with E-state index < -0.39 is 0 Å². The first kappa shape index (κ1) is 19.9. The van der Waals surface area contributed by atoms with Crippen molar-refractivity contribution in [3.8, 4) is 33.9 Å². The lowest BCUT2D eigenvalue weighted by molar-refractivity contribution is 0.483. The Morgan fingerprint density at radius 3 is 2.22 bits per heavy atom. The van der Waals surface area contributed by atoms with Crippen LogP contribution in [0.2, 0.25) is 0 Å². The third-order valence-corrected chi connectivity index (χ3v) is 5.88. The molecule has 0 unspecified atom stereocenters. The van der Waals surface area contributed by atoms with Crippen molar-refractivity contribution >= 4 is 16.6 Å². The number of aromatic nitrogens is 1. The number of aryl methyl sites for hydroxylation is 1. The van der Waals surface area contributed by atoms with Gasteiger partial charge in [-0.05, 0) is 54.1 Å². The topological polar surface area (TPSA) is 41.2 Å². The van der Waals surface area contributed by atoms with Gasteiger partial charge in [0.25, 0.3) is 0 Å². The molecule has 1 heterocycles. The summed E-state index contributed by atoms with van der Waals surface area (Å²) in [5.41, 5.74) is 6.74. The largest absolute Gasteiger partial charge is 0.457 e. The number of nitrogens with one attached hydrogen (secondary N) is 1. The third kappa shape index (κ3) is 3.50. The van der Waals surface area contributed by atoms with Gasteiger partial charge in [-0.2, -0.15) is 0 Å². The van der Waals surface area contributed by atoms with Gasteiger partial charge in [0.15, 0.2) is 0 Å². The van der Waals surface area contributed by atoms with Crippen molar-refractivity contribution in [2.45, 2.75) is 0 Å². The molecule has 2 aliphatic rings. The van der Waals surface area contributed by atoms with Crippen LogP contribution in [-0.4, -0.2) is 18.7 Å². The highest BCUT2D eigenvalue weighted by Crippen LogP contribution is 2.40. The van der Waals surface area contributed by atoms with E-state index in [0.717, 1.165) is 39.5 Å². The molecule has 158 valence electrons. The fraction of sp³-hybridized carbons (Fsp3) is 0.107. The Balaban J connectivity index is 1.70. The van der Waals surface area contributed by atoms with E-state index in [2.05, 4.69) is 67.0 Å². The first-order valence-electron chi connectivity index (χ1n) is 10.6. The highest BCUT2D eigenvalue weighted by atomic mass is 16.5. The van der Waals surface area contributed by atoms with E-state index in [-0.39, 0.29) is 0 Å². The summed E-state index contributed by atoms with van der Waals surface area (Å²) in [6.45, 7) is 0. The molecule has 1 aliphatic carbocycles. The van der Waals surface area contributed by atoms with E-state index in [9.17, 15) is 0 Å². The normalized spacial score (nSPS) is 11.1. The zero-order chi connectivity index (χ0) is 22.2. The van der Waals surface area contributed by atoms with Gasteiger partial charge in [0.05, 0.1) is 16.6 Å². The van der Waals surface area contributed by atoms with Gasteiger partial charge in [-0.1, -0.05) is 42.5 Å². The standard InChI is InChI=1S/C28H25N3O/c1-30(2)21-12-16-25-27(18-21)31(3)26-17-20(29)11-15-24(26)28(25)19-9-13-23(14-10-19)32-22-7-5-4-6-8-22/h4-18,29H,1-3H3. The highest BCUT2D eigenvalue weighted by molar-refractivity contribution is 6.04. The van der Waals surface area contributed by atoms with Crippen molar-refractivity contribution in [1.29, 1.82) is 5.41 Å². The van der Waals surface area contributed by atoms with Crippen LogP contribution < -0.4 is 15.0 Å². The molecule has 0 amide bonds. The van der Waals surface area contributed by atoms with Gasteiger partial charge in [-0.25, -0.2) is 0 Å². The summed E-state index contributed by atoms with van der Waals surface area (Å²) in [5, 5.41) is 9.85. The Kier molecular flexibility index (Phi) is 4.91. The molecule has 5 rings (SSSR count). The van der Waals surface area contributed by atoms with Crippen LogP contribution in [0.5, 0.6) is 11.5 Å². The lowest BCUT2D eigenvalue weighted by Crippen LogP contribution is -2.11. The van der Waals surface area contributed by atoms with Gasteiger partial charge in [0.1, 0.15) is 11.5 Å². The number of hydrogen-bond acceptors (Lipinski definition) is 3. The summed E-state index contributed by atoms with van der Waals surface area (Å²) in [6.07, 6.45) is 0. The van der Waals surface area contributed by atoms with Crippen molar-refractivity contribution in [2.24, 2.45) is 7.05 Å². The molecule has 0 saturated carbocycles.